The summed E-state index contributed by atoms with van der Waals surface area (Å²) in [4.78, 5) is 10.3. The number of rotatable bonds is 3. The van der Waals surface area contributed by atoms with Gasteiger partial charge in [0.1, 0.15) is 0 Å². The molecule has 0 aliphatic heterocycles. The van der Waals surface area contributed by atoms with E-state index in [1.165, 1.54) is 0 Å². The van der Waals surface area contributed by atoms with Crippen molar-refractivity contribution < 1.29 is 4.79 Å². The van der Waals surface area contributed by atoms with Crippen molar-refractivity contribution in [3.63, 3.8) is 0 Å². The van der Waals surface area contributed by atoms with Gasteiger partial charge in [-0.1, -0.05) is 0 Å². The molecule has 1 amide bonds. The zero-order valence-corrected chi connectivity index (χ0v) is 4.68. The maximum absolute atomic E-state index is 10.3. The van der Waals surface area contributed by atoms with Gasteiger partial charge in [-0.2, -0.15) is 0 Å². The molecule has 0 aliphatic carbocycles. The SMILES string of the molecule is NCCNC(=O)CN. The van der Waals surface area contributed by atoms with Gasteiger partial charge in [-0.15, -0.1) is 0 Å². The van der Waals surface area contributed by atoms with Crippen molar-refractivity contribution in [3.05, 3.63) is 0 Å². The molecule has 0 aromatic carbocycles. The summed E-state index contributed by atoms with van der Waals surface area (Å²) in [5.41, 5.74) is 10.0. The molecule has 5 N–H and O–H groups in total. The molecule has 0 saturated heterocycles. The molecule has 0 heterocycles. The van der Waals surface area contributed by atoms with E-state index in [-0.39, 0.29) is 12.5 Å². The molecule has 0 aromatic rings. The summed E-state index contributed by atoms with van der Waals surface area (Å²) in [6, 6.07) is 0. The highest BCUT2D eigenvalue weighted by Gasteiger charge is 1.90. The van der Waals surface area contributed by atoms with Crippen LogP contribution in [0.15, 0.2) is 0 Å². The van der Waals surface area contributed by atoms with Gasteiger partial charge in [-0.05, 0) is 0 Å². The van der Waals surface area contributed by atoms with Crippen molar-refractivity contribution in [1.82, 2.24) is 5.32 Å². The summed E-state index contributed by atoms with van der Waals surface area (Å²) in [7, 11) is 0. The molecule has 0 bridgehead atoms. The number of amides is 1. The van der Waals surface area contributed by atoms with E-state index in [9.17, 15) is 4.79 Å². The second-order valence-electron chi connectivity index (χ2n) is 1.34. The van der Waals surface area contributed by atoms with Gasteiger partial charge < -0.3 is 16.8 Å². The molecule has 48 valence electrons. The first-order valence-corrected chi connectivity index (χ1v) is 2.48. The zero-order chi connectivity index (χ0) is 6.41. The van der Waals surface area contributed by atoms with E-state index in [1.807, 2.05) is 0 Å². The van der Waals surface area contributed by atoms with Gasteiger partial charge >= 0.3 is 0 Å². The Kier molecular flexibility index (Phi) is 4.20. The number of hydrogen-bond acceptors (Lipinski definition) is 3. The summed E-state index contributed by atoms with van der Waals surface area (Å²) >= 11 is 0. The molecular formula is C4H11N3O. The highest BCUT2D eigenvalue weighted by molar-refractivity contribution is 5.77. The predicted octanol–water partition coefficient (Wildman–Crippen LogP) is -1.98. The topological polar surface area (TPSA) is 81.1 Å². The predicted molar refractivity (Wildman–Crippen MR) is 31.1 cm³/mol. The lowest BCUT2D eigenvalue weighted by molar-refractivity contribution is -0.119. The lowest BCUT2D eigenvalue weighted by atomic mass is 10.5. The number of carbonyl (C=O) groups is 1. The van der Waals surface area contributed by atoms with Crippen LogP contribution in [0.1, 0.15) is 0 Å². The van der Waals surface area contributed by atoms with Crippen LogP contribution < -0.4 is 16.8 Å². The summed E-state index contributed by atoms with van der Waals surface area (Å²) in [6.45, 7) is 1.02. The Morgan fingerprint density at radius 2 is 2.12 bits per heavy atom. The van der Waals surface area contributed by atoms with Crippen LogP contribution >= 0.6 is 0 Å². The Hall–Kier alpha value is -0.610. The van der Waals surface area contributed by atoms with E-state index < -0.39 is 0 Å². The number of nitrogens with two attached hydrogens (primary N) is 2. The second kappa shape index (κ2) is 4.55. The van der Waals surface area contributed by atoms with Gasteiger partial charge in [-0.25, -0.2) is 0 Å². The molecule has 0 spiro atoms. The molecule has 0 aliphatic rings. The molecule has 4 heteroatoms. The van der Waals surface area contributed by atoms with Crippen LogP contribution in [0.5, 0.6) is 0 Å². The van der Waals surface area contributed by atoms with Gasteiger partial charge in [0.2, 0.25) is 5.91 Å². The van der Waals surface area contributed by atoms with Crippen LogP contribution in [0, 0.1) is 0 Å². The Labute approximate surface area is 48.2 Å². The van der Waals surface area contributed by atoms with Crippen LogP contribution in [-0.2, 0) is 4.79 Å². The fraction of sp³-hybridized carbons (Fsp3) is 0.750. The highest BCUT2D eigenvalue weighted by atomic mass is 16.1. The van der Waals surface area contributed by atoms with Crippen LogP contribution in [0.2, 0.25) is 0 Å². The lowest BCUT2D eigenvalue weighted by Gasteiger charge is -1.97. The zero-order valence-electron chi connectivity index (χ0n) is 4.68. The van der Waals surface area contributed by atoms with E-state index in [0.717, 1.165) is 0 Å². The van der Waals surface area contributed by atoms with Gasteiger partial charge in [-0.3, -0.25) is 4.79 Å². The molecular weight excluding hydrogens is 106 g/mol. The summed E-state index contributed by atoms with van der Waals surface area (Å²) in [6.07, 6.45) is 0. The van der Waals surface area contributed by atoms with Gasteiger partial charge in [0.05, 0.1) is 6.54 Å². The van der Waals surface area contributed by atoms with Crippen LogP contribution in [-0.4, -0.2) is 25.5 Å². The average Bonchev–Trinajstić information content (AvgIpc) is 1.83. The van der Waals surface area contributed by atoms with Gasteiger partial charge in [0, 0.05) is 13.1 Å². The number of hydrogen-bond donors (Lipinski definition) is 3. The van der Waals surface area contributed by atoms with Crippen molar-refractivity contribution in [3.8, 4) is 0 Å². The third-order valence-electron chi connectivity index (χ3n) is 0.652. The third kappa shape index (κ3) is 3.58. The van der Waals surface area contributed by atoms with Crippen molar-refractivity contribution in [2.75, 3.05) is 19.6 Å². The minimum atomic E-state index is -0.157. The highest BCUT2D eigenvalue weighted by Crippen LogP contribution is 1.55. The van der Waals surface area contributed by atoms with E-state index >= 15 is 0 Å². The van der Waals surface area contributed by atoms with Crippen molar-refractivity contribution in [2.45, 2.75) is 0 Å². The fourth-order valence-corrected chi connectivity index (χ4v) is 0.284. The summed E-state index contributed by atoms with van der Waals surface area (Å²) in [5.74, 6) is -0.157. The standard InChI is InChI=1S/C4H11N3O/c5-1-2-7-4(8)3-6/h1-3,5-6H2,(H,7,8). The Morgan fingerprint density at radius 1 is 1.50 bits per heavy atom. The molecule has 0 fully saturated rings. The van der Waals surface area contributed by atoms with Gasteiger partial charge in [0.15, 0.2) is 0 Å². The number of carbonyl (C=O) groups excluding carboxylic acids is 1. The molecule has 0 rings (SSSR count). The van der Waals surface area contributed by atoms with Crippen LogP contribution in [0.25, 0.3) is 0 Å². The average molecular weight is 117 g/mol. The molecule has 0 radical (unpaired) electrons. The first kappa shape index (κ1) is 7.39. The Balaban J connectivity index is 2.99. The molecule has 0 atom stereocenters. The monoisotopic (exact) mass is 117 g/mol. The lowest BCUT2D eigenvalue weighted by Crippen LogP contribution is -2.33. The smallest absolute Gasteiger partial charge is 0.233 e. The largest absolute Gasteiger partial charge is 0.354 e. The van der Waals surface area contributed by atoms with E-state index in [0.29, 0.717) is 13.1 Å². The van der Waals surface area contributed by atoms with Crippen molar-refractivity contribution >= 4 is 5.91 Å². The van der Waals surface area contributed by atoms with Gasteiger partial charge in [0.25, 0.3) is 0 Å². The fourth-order valence-electron chi connectivity index (χ4n) is 0.284. The van der Waals surface area contributed by atoms with Crippen molar-refractivity contribution in [2.24, 2.45) is 11.5 Å². The van der Waals surface area contributed by atoms with Crippen molar-refractivity contribution in [1.29, 1.82) is 0 Å². The molecule has 0 unspecified atom stereocenters. The second-order valence-corrected chi connectivity index (χ2v) is 1.34. The summed E-state index contributed by atoms with van der Waals surface area (Å²) < 4.78 is 0. The first-order valence-electron chi connectivity index (χ1n) is 2.48. The van der Waals surface area contributed by atoms with E-state index in [2.05, 4.69) is 5.32 Å². The van der Waals surface area contributed by atoms with Crippen LogP contribution in [0.4, 0.5) is 0 Å². The minimum Gasteiger partial charge on any atom is -0.354 e. The summed E-state index contributed by atoms with van der Waals surface area (Å²) in [5, 5.41) is 2.49. The molecule has 0 saturated carbocycles. The maximum atomic E-state index is 10.3. The Bertz CT molecular complexity index is 73.7. The number of nitrogens with one attached hydrogen (secondary N) is 1. The molecule has 4 nitrogen and oxygen atoms in total. The van der Waals surface area contributed by atoms with Crippen LogP contribution in [0.3, 0.4) is 0 Å². The normalized spacial score (nSPS) is 8.75. The maximum Gasteiger partial charge on any atom is 0.233 e. The molecule has 0 aromatic heterocycles. The van der Waals surface area contributed by atoms with E-state index in [4.69, 9.17) is 11.5 Å². The first-order chi connectivity index (χ1) is 3.81. The molecule has 8 heavy (non-hydrogen) atoms. The minimum absolute atomic E-state index is 0.0417. The third-order valence-corrected chi connectivity index (χ3v) is 0.652. The quantitative estimate of drug-likeness (QED) is 0.400. The Morgan fingerprint density at radius 3 is 2.50 bits per heavy atom. The van der Waals surface area contributed by atoms with E-state index in [1.54, 1.807) is 0 Å².